The molecule has 0 radical (unpaired) electrons. The van der Waals surface area contributed by atoms with Crippen LogP contribution in [0.5, 0.6) is 0 Å². The average molecular weight is 248 g/mol. The molecule has 0 heterocycles. The first-order chi connectivity index (χ1) is 7.65. The Kier molecular flexibility index (Phi) is 3.56. The van der Waals surface area contributed by atoms with E-state index in [1.807, 2.05) is 0 Å². The molecule has 0 bridgehead atoms. The number of alkyl halides is 3. The van der Waals surface area contributed by atoms with Crippen LogP contribution in [-0.2, 0) is 6.18 Å². The molecule has 0 saturated heterocycles. The Morgan fingerprint density at radius 2 is 1.88 bits per heavy atom. The molecule has 0 fully saturated rings. The number of aliphatic hydroxyl groups excluding tert-OH is 1. The lowest BCUT2D eigenvalue weighted by Crippen LogP contribution is -2.35. The molecule has 0 aromatic heterocycles. The van der Waals surface area contributed by atoms with Crippen LogP contribution in [0.2, 0.25) is 0 Å². The Balaban J connectivity index is 3.06. The van der Waals surface area contributed by atoms with Gasteiger partial charge in [-0.1, -0.05) is 0 Å². The maximum atomic E-state index is 12.6. The summed E-state index contributed by atoms with van der Waals surface area (Å²) in [5.74, 6) is 0. The number of halogens is 3. The number of hydrogen-bond acceptors (Lipinski definition) is 3. The fourth-order valence-electron chi connectivity index (χ4n) is 1.31. The number of anilines is 2. The third-order valence-electron chi connectivity index (χ3n) is 2.24. The van der Waals surface area contributed by atoms with Crippen LogP contribution in [0.3, 0.4) is 0 Å². The van der Waals surface area contributed by atoms with Gasteiger partial charge in [0.15, 0.2) is 0 Å². The maximum Gasteiger partial charge on any atom is 0.418 e. The summed E-state index contributed by atoms with van der Waals surface area (Å²) in [5, 5.41) is 11.8. The van der Waals surface area contributed by atoms with E-state index in [2.05, 4.69) is 5.32 Å². The van der Waals surface area contributed by atoms with Gasteiger partial charge in [-0.05, 0) is 32.0 Å². The van der Waals surface area contributed by atoms with Crippen molar-refractivity contribution in [3.8, 4) is 0 Å². The van der Waals surface area contributed by atoms with Crippen LogP contribution in [0.15, 0.2) is 18.2 Å². The van der Waals surface area contributed by atoms with Crippen molar-refractivity contribution >= 4 is 11.4 Å². The van der Waals surface area contributed by atoms with Gasteiger partial charge in [0.25, 0.3) is 0 Å². The summed E-state index contributed by atoms with van der Waals surface area (Å²) in [6.45, 7) is 3.16. The van der Waals surface area contributed by atoms with Crippen molar-refractivity contribution in [2.75, 3.05) is 17.7 Å². The lowest BCUT2D eigenvalue weighted by molar-refractivity contribution is -0.136. The van der Waals surface area contributed by atoms with Crippen molar-refractivity contribution in [3.05, 3.63) is 23.8 Å². The molecule has 4 N–H and O–H groups in total. The second-order valence-electron chi connectivity index (χ2n) is 4.47. The van der Waals surface area contributed by atoms with Crippen LogP contribution in [-0.4, -0.2) is 17.3 Å². The van der Waals surface area contributed by atoms with Gasteiger partial charge in [0.1, 0.15) is 0 Å². The fraction of sp³-hybridized carbons (Fsp3) is 0.455. The van der Waals surface area contributed by atoms with E-state index in [1.165, 1.54) is 12.1 Å². The first-order valence-corrected chi connectivity index (χ1v) is 5.01. The normalized spacial score (nSPS) is 12.6. The molecule has 0 amide bonds. The van der Waals surface area contributed by atoms with E-state index >= 15 is 0 Å². The van der Waals surface area contributed by atoms with Gasteiger partial charge in [-0.2, -0.15) is 13.2 Å². The third-order valence-corrected chi connectivity index (χ3v) is 2.24. The van der Waals surface area contributed by atoms with E-state index in [1.54, 1.807) is 13.8 Å². The van der Waals surface area contributed by atoms with Gasteiger partial charge in [-0.15, -0.1) is 0 Å². The number of hydrogen-bond donors (Lipinski definition) is 3. The van der Waals surface area contributed by atoms with Gasteiger partial charge in [0.05, 0.1) is 17.7 Å². The molecular weight excluding hydrogens is 233 g/mol. The fourth-order valence-corrected chi connectivity index (χ4v) is 1.31. The predicted molar refractivity (Wildman–Crippen MR) is 60.6 cm³/mol. The van der Waals surface area contributed by atoms with Crippen molar-refractivity contribution in [2.45, 2.75) is 25.6 Å². The molecule has 0 unspecified atom stereocenters. The van der Waals surface area contributed by atoms with E-state index in [-0.39, 0.29) is 18.0 Å². The van der Waals surface area contributed by atoms with Gasteiger partial charge in [-0.25, -0.2) is 0 Å². The van der Waals surface area contributed by atoms with Crippen LogP contribution in [0, 0.1) is 0 Å². The lowest BCUT2D eigenvalue weighted by atomic mass is 10.1. The Bertz CT molecular complexity index is 402. The van der Waals surface area contributed by atoms with Crippen molar-refractivity contribution in [2.24, 2.45) is 0 Å². The van der Waals surface area contributed by atoms with Crippen LogP contribution in [0.25, 0.3) is 0 Å². The van der Waals surface area contributed by atoms with E-state index < -0.39 is 17.3 Å². The highest BCUT2D eigenvalue weighted by molar-refractivity contribution is 5.59. The van der Waals surface area contributed by atoms with E-state index in [9.17, 15) is 13.2 Å². The molecule has 0 saturated carbocycles. The van der Waals surface area contributed by atoms with Gasteiger partial charge >= 0.3 is 6.18 Å². The Labute approximate surface area is 97.4 Å². The first-order valence-electron chi connectivity index (χ1n) is 5.01. The van der Waals surface area contributed by atoms with Crippen LogP contribution >= 0.6 is 0 Å². The number of aliphatic hydroxyl groups is 1. The van der Waals surface area contributed by atoms with Gasteiger partial charge in [0, 0.05) is 11.4 Å². The summed E-state index contributed by atoms with van der Waals surface area (Å²) in [6.07, 6.45) is -4.48. The summed E-state index contributed by atoms with van der Waals surface area (Å²) in [4.78, 5) is 0. The van der Waals surface area contributed by atoms with Gasteiger partial charge in [0.2, 0.25) is 0 Å². The average Bonchev–Trinajstić information content (AvgIpc) is 2.19. The molecule has 1 aromatic rings. The van der Waals surface area contributed by atoms with Crippen LogP contribution < -0.4 is 11.1 Å². The molecule has 0 aliphatic heterocycles. The Morgan fingerprint density at radius 1 is 1.29 bits per heavy atom. The second kappa shape index (κ2) is 4.44. The van der Waals surface area contributed by atoms with Crippen LogP contribution in [0.4, 0.5) is 24.5 Å². The molecule has 0 aliphatic carbocycles. The largest absolute Gasteiger partial charge is 0.418 e. The minimum absolute atomic E-state index is 0.196. The SMILES string of the molecule is CC(C)(CO)Nc1ccc(N)c(C(F)(F)F)c1. The van der Waals surface area contributed by atoms with Crippen molar-refractivity contribution in [3.63, 3.8) is 0 Å². The standard InChI is InChI=1S/C11H15F3N2O/c1-10(2,6-17)16-7-3-4-9(15)8(5-7)11(12,13)14/h3-5,16-17H,6,15H2,1-2H3. The number of nitrogens with one attached hydrogen (secondary N) is 1. The minimum atomic E-state index is -4.48. The number of nitrogens with two attached hydrogens (primary N) is 1. The highest BCUT2D eigenvalue weighted by atomic mass is 19.4. The highest BCUT2D eigenvalue weighted by Crippen LogP contribution is 2.35. The smallest absolute Gasteiger partial charge is 0.398 e. The summed E-state index contributed by atoms with van der Waals surface area (Å²) in [6, 6.07) is 3.58. The van der Waals surface area contributed by atoms with Crippen molar-refractivity contribution in [1.82, 2.24) is 0 Å². The van der Waals surface area contributed by atoms with E-state index in [4.69, 9.17) is 10.8 Å². The first kappa shape index (κ1) is 13.6. The number of benzene rings is 1. The van der Waals surface area contributed by atoms with Gasteiger partial charge < -0.3 is 16.2 Å². The molecule has 17 heavy (non-hydrogen) atoms. The quantitative estimate of drug-likeness (QED) is 0.720. The van der Waals surface area contributed by atoms with Crippen LogP contribution in [0.1, 0.15) is 19.4 Å². The topological polar surface area (TPSA) is 58.3 Å². The van der Waals surface area contributed by atoms with Crippen molar-refractivity contribution < 1.29 is 18.3 Å². The third kappa shape index (κ3) is 3.52. The zero-order chi connectivity index (χ0) is 13.3. The van der Waals surface area contributed by atoms with Gasteiger partial charge in [-0.3, -0.25) is 0 Å². The molecule has 3 nitrogen and oxygen atoms in total. The predicted octanol–water partition coefficient (Wildman–Crippen LogP) is 2.47. The minimum Gasteiger partial charge on any atom is -0.398 e. The summed E-state index contributed by atoms with van der Waals surface area (Å²) >= 11 is 0. The second-order valence-corrected chi connectivity index (χ2v) is 4.47. The Morgan fingerprint density at radius 3 is 2.35 bits per heavy atom. The Hall–Kier alpha value is -1.43. The van der Waals surface area contributed by atoms with E-state index in [0.717, 1.165) is 6.07 Å². The molecule has 96 valence electrons. The number of nitrogen functional groups attached to an aromatic ring is 1. The number of rotatable bonds is 3. The summed E-state index contributed by atoms with van der Waals surface area (Å²) in [7, 11) is 0. The molecule has 0 aliphatic rings. The zero-order valence-electron chi connectivity index (χ0n) is 9.60. The lowest BCUT2D eigenvalue weighted by Gasteiger charge is -2.25. The van der Waals surface area contributed by atoms with Crippen molar-refractivity contribution in [1.29, 1.82) is 0 Å². The summed E-state index contributed by atoms with van der Waals surface area (Å²) in [5.41, 5.74) is 3.65. The zero-order valence-corrected chi connectivity index (χ0v) is 9.60. The highest BCUT2D eigenvalue weighted by Gasteiger charge is 2.33. The maximum absolute atomic E-state index is 12.6. The molecule has 0 spiro atoms. The molecule has 1 aromatic carbocycles. The molecule has 1 rings (SSSR count). The monoisotopic (exact) mass is 248 g/mol. The molecular formula is C11H15F3N2O. The molecule has 6 heteroatoms. The summed E-state index contributed by atoms with van der Waals surface area (Å²) < 4.78 is 37.8. The van der Waals surface area contributed by atoms with E-state index in [0.29, 0.717) is 0 Å². The molecule has 0 atom stereocenters.